The number of aromatic nitrogens is 3. The van der Waals surface area contributed by atoms with E-state index in [1.807, 2.05) is 30.3 Å². The highest BCUT2D eigenvalue weighted by Gasteiger charge is 2.34. The van der Waals surface area contributed by atoms with Gasteiger partial charge in [0.25, 0.3) is 5.91 Å². The molecule has 0 unspecified atom stereocenters. The van der Waals surface area contributed by atoms with Crippen LogP contribution in [0.15, 0.2) is 48.5 Å². The average molecular weight is 369 g/mol. The van der Waals surface area contributed by atoms with Gasteiger partial charge in [0, 0.05) is 10.9 Å². The summed E-state index contributed by atoms with van der Waals surface area (Å²) >= 11 is 6.04. The fourth-order valence-electron chi connectivity index (χ4n) is 2.89. The highest BCUT2D eigenvalue weighted by molar-refractivity contribution is 6.31. The predicted octanol–water partition coefficient (Wildman–Crippen LogP) is 4.06. The van der Waals surface area contributed by atoms with Crippen LogP contribution in [-0.4, -0.2) is 28.0 Å². The highest BCUT2D eigenvalue weighted by atomic mass is 35.5. The number of hydrogen-bond donors (Lipinski definition) is 1. The Bertz CT molecular complexity index is 951. The van der Waals surface area contributed by atoms with Crippen molar-refractivity contribution in [3.63, 3.8) is 0 Å². The van der Waals surface area contributed by atoms with Gasteiger partial charge in [0.2, 0.25) is 0 Å². The summed E-state index contributed by atoms with van der Waals surface area (Å²) in [5, 5.41) is 11.7. The number of hydrogen-bond acceptors (Lipinski definition) is 4. The molecule has 1 heterocycles. The zero-order valence-corrected chi connectivity index (χ0v) is 14.9. The lowest BCUT2D eigenvalue weighted by Crippen LogP contribution is -2.16. The van der Waals surface area contributed by atoms with Gasteiger partial charge in [-0.1, -0.05) is 35.0 Å². The minimum absolute atomic E-state index is 0.298. The summed E-state index contributed by atoms with van der Waals surface area (Å²) in [5.74, 6) is 0.507. The molecular formula is C19H17ClN4O2. The van der Waals surface area contributed by atoms with Crippen molar-refractivity contribution in [1.29, 1.82) is 0 Å². The van der Waals surface area contributed by atoms with Crippen molar-refractivity contribution >= 4 is 23.2 Å². The number of amides is 1. The molecule has 1 aromatic heterocycles. The maximum atomic E-state index is 12.9. The number of nitrogens with one attached hydrogen (secondary N) is 1. The van der Waals surface area contributed by atoms with Crippen molar-refractivity contribution in [3.8, 4) is 11.4 Å². The Labute approximate surface area is 155 Å². The van der Waals surface area contributed by atoms with Gasteiger partial charge >= 0.3 is 0 Å². The summed E-state index contributed by atoms with van der Waals surface area (Å²) in [6.45, 7) is 0. The number of halogens is 1. The molecule has 1 aliphatic rings. The summed E-state index contributed by atoms with van der Waals surface area (Å²) in [5.41, 5.74) is 2.57. The van der Waals surface area contributed by atoms with Gasteiger partial charge in [0.1, 0.15) is 5.75 Å². The van der Waals surface area contributed by atoms with E-state index in [9.17, 15) is 4.79 Å². The van der Waals surface area contributed by atoms with E-state index < -0.39 is 0 Å². The van der Waals surface area contributed by atoms with Gasteiger partial charge in [0.05, 0.1) is 24.2 Å². The van der Waals surface area contributed by atoms with Gasteiger partial charge in [-0.15, -0.1) is 5.10 Å². The smallest absolute Gasteiger partial charge is 0.278 e. The second-order valence-corrected chi connectivity index (χ2v) is 6.58. The van der Waals surface area contributed by atoms with Gasteiger partial charge in [-0.25, -0.2) is 4.68 Å². The fraction of sp³-hybridized carbons (Fsp3) is 0.211. The number of carbonyl (C=O) groups excluding carboxylic acids is 1. The lowest BCUT2D eigenvalue weighted by molar-refractivity contribution is 0.102. The SMILES string of the molecule is COc1ccc(Cl)cc1NC(=O)c1nnn(-c2ccccc2)c1C1CC1. The van der Waals surface area contributed by atoms with Crippen molar-refractivity contribution in [2.24, 2.45) is 0 Å². The van der Waals surface area contributed by atoms with Crippen molar-refractivity contribution < 1.29 is 9.53 Å². The van der Waals surface area contributed by atoms with Crippen LogP contribution >= 0.6 is 11.6 Å². The van der Waals surface area contributed by atoms with E-state index in [0.717, 1.165) is 24.2 Å². The number of para-hydroxylation sites is 1. The molecule has 0 saturated heterocycles. The van der Waals surface area contributed by atoms with Crippen molar-refractivity contribution in [2.75, 3.05) is 12.4 Å². The third-order valence-corrected chi connectivity index (χ3v) is 4.53. The Balaban J connectivity index is 1.69. The molecule has 0 bridgehead atoms. The molecule has 26 heavy (non-hydrogen) atoms. The molecule has 1 amide bonds. The van der Waals surface area contributed by atoms with E-state index in [0.29, 0.717) is 28.1 Å². The number of methoxy groups -OCH3 is 1. The first-order chi connectivity index (χ1) is 12.7. The number of rotatable bonds is 5. The topological polar surface area (TPSA) is 69.0 Å². The van der Waals surface area contributed by atoms with Gasteiger partial charge < -0.3 is 10.1 Å². The molecule has 4 rings (SSSR count). The van der Waals surface area contributed by atoms with Crippen LogP contribution in [0.2, 0.25) is 5.02 Å². The molecule has 132 valence electrons. The molecule has 1 saturated carbocycles. The highest BCUT2D eigenvalue weighted by Crippen LogP contribution is 2.42. The first-order valence-electron chi connectivity index (χ1n) is 8.33. The van der Waals surface area contributed by atoms with Crippen molar-refractivity contribution in [1.82, 2.24) is 15.0 Å². The van der Waals surface area contributed by atoms with Crippen LogP contribution < -0.4 is 10.1 Å². The number of ether oxygens (including phenoxy) is 1. The maximum Gasteiger partial charge on any atom is 0.278 e. The molecule has 1 fully saturated rings. The molecule has 1 aliphatic carbocycles. The molecule has 0 aliphatic heterocycles. The van der Waals surface area contributed by atoms with E-state index >= 15 is 0 Å². The molecule has 0 atom stereocenters. The summed E-state index contributed by atoms with van der Waals surface area (Å²) in [6, 6.07) is 14.8. The quantitative estimate of drug-likeness (QED) is 0.737. The summed E-state index contributed by atoms with van der Waals surface area (Å²) < 4.78 is 7.04. The average Bonchev–Trinajstić information content (AvgIpc) is 3.40. The second kappa shape index (κ2) is 6.80. The maximum absolute atomic E-state index is 12.9. The van der Waals surface area contributed by atoms with E-state index in [1.165, 1.54) is 0 Å². The fourth-order valence-corrected chi connectivity index (χ4v) is 3.07. The van der Waals surface area contributed by atoms with Crippen LogP contribution in [0.5, 0.6) is 5.75 Å². The largest absolute Gasteiger partial charge is 0.495 e. The first-order valence-corrected chi connectivity index (χ1v) is 8.71. The van der Waals surface area contributed by atoms with Crippen LogP contribution in [-0.2, 0) is 0 Å². The molecule has 0 radical (unpaired) electrons. The summed E-state index contributed by atoms with van der Waals surface area (Å²) in [4.78, 5) is 12.9. The van der Waals surface area contributed by atoms with Crippen molar-refractivity contribution in [2.45, 2.75) is 18.8 Å². The van der Waals surface area contributed by atoms with Crippen LogP contribution in [0.25, 0.3) is 5.69 Å². The van der Waals surface area contributed by atoms with Crippen LogP contribution in [0.1, 0.15) is 34.9 Å². The van der Waals surface area contributed by atoms with Crippen LogP contribution in [0.3, 0.4) is 0 Å². The Morgan fingerprint density at radius 2 is 2.00 bits per heavy atom. The molecule has 6 nitrogen and oxygen atoms in total. The summed E-state index contributed by atoms with van der Waals surface area (Å²) in [6.07, 6.45) is 2.06. The molecule has 2 aromatic carbocycles. The van der Waals surface area contributed by atoms with Crippen LogP contribution in [0.4, 0.5) is 5.69 Å². The third kappa shape index (κ3) is 3.15. The first kappa shape index (κ1) is 16.6. The Morgan fingerprint density at radius 3 is 2.69 bits per heavy atom. The van der Waals surface area contributed by atoms with Gasteiger partial charge in [-0.3, -0.25) is 4.79 Å². The minimum atomic E-state index is -0.324. The number of benzene rings is 2. The van der Waals surface area contributed by atoms with Gasteiger partial charge in [-0.2, -0.15) is 0 Å². The Kier molecular flexibility index (Phi) is 4.34. The predicted molar refractivity (Wildman–Crippen MR) is 99.3 cm³/mol. The summed E-state index contributed by atoms with van der Waals surface area (Å²) in [7, 11) is 1.54. The standard InChI is InChI=1S/C19H17ClN4O2/c1-26-16-10-9-13(20)11-15(16)21-19(25)17-18(12-7-8-12)24(23-22-17)14-5-3-2-4-6-14/h2-6,9-12H,7-8H2,1H3,(H,21,25). The third-order valence-electron chi connectivity index (χ3n) is 4.29. The minimum Gasteiger partial charge on any atom is -0.495 e. The number of anilines is 1. The Morgan fingerprint density at radius 1 is 1.23 bits per heavy atom. The lowest BCUT2D eigenvalue weighted by atomic mass is 10.2. The molecule has 0 spiro atoms. The van der Waals surface area contributed by atoms with Gasteiger partial charge in [-0.05, 0) is 43.2 Å². The molecule has 3 aromatic rings. The van der Waals surface area contributed by atoms with Crippen LogP contribution in [0, 0.1) is 0 Å². The zero-order chi connectivity index (χ0) is 18.1. The number of nitrogens with zero attached hydrogens (tertiary/aromatic N) is 3. The zero-order valence-electron chi connectivity index (χ0n) is 14.1. The second-order valence-electron chi connectivity index (χ2n) is 6.14. The van der Waals surface area contributed by atoms with Gasteiger partial charge in [0.15, 0.2) is 5.69 Å². The molecule has 7 heteroatoms. The van der Waals surface area contributed by atoms with E-state index in [2.05, 4.69) is 15.6 Å². The molecular weight excluding hydrogens is 352 g/mol. The van der Waals surface area contributed by atoms with E-state index in [-0.39, 0.29) is 5.91 Å². The molecule has 1 N–H and O–H groups in total. The number of carbonyl (C=O) groups is 1. The lowest BCUT2D eigenvalue weighted by Gasteiger charge is -2.11. The van der Waals surface area contributed by atoms with E-state index in [1.54, 1.807) is 30.0 Å². The van der Waals surface area contributed by atoms with Crippen molar-refractivity contribution in [3.05, 3.63) is 64.9 Å². The monoisotopic (exact) mass is 368 g/mol. The van der Waals surface area contributed by atoms with E-state index in [4.69, 9.17) is 16.3 Å². The Hall–Kier alpha value is -2.86. The normalized spacial score (nSPS) is 13.5.